The van der Waals surface area contributed by atoms with Gasteiger partial charge in [-0.2, -0.15) is 5.10 Å². The van der Waals surface area contributed by atoms with Gasteiger partial charge in [0.05, 0.1) is 5.69 Å². The molecule has 0 spiro atoms. The molecule has 1 atom stereocenters. The van der Waals surface area contributed by atoms with E-state index in [4.69, 9.17) is 0 Å². The summed E-state index contributed by atoms with van der Waals surface area (Å²) in [5.41, 5.74) is 5.17. The normalized spacial score (nSPS) is 18.5. The van der Waals surface area contributed by atoms with Crippen molar-refractivity contribution < 1.29 is 0 Å². The van der Waals surface area contributed by atoms with Crippen molar-refractivity contribution in [2.24, 2.45) is 11.0 Å². The van der Waals surface area contributed by atoms with Crippen molar-refractivity contribution in [2.75, 3.05) is 5.43 Å². The van der Waals surface area contributed by atoms with Crippen LogP contribution in [0.2, 0.25) is 0 Å². The molecule has 2 aromatic rings. The Balaban J connectivity index is 1.60. The average molecular weight is 283 g/mol. The van der Waals surface area contributed by atoms with Crippen molar-refractivity contribution in [2.45, 2.75) is 19.3 Å². The molecule has 0 saturated heterocycles. The van der Waals surface area contributed by atoms with E-state index in [1.807, 2.05) is 24.4 Å². The number of thiazole rings is 1. The van der Waals surface area contributed by atoms with Gasteiger partial charge in [-0.3, -0.25) is 5.43 Å². The van der Waals surface area contributed by atoms with Gasteiger partial charge >= 0.3 is 0 Å². The number of hydrazone groups is 1. The van der Waals surface area contributed by atoms with Crippen LogP contribution < -0.4 is 5.43 Å². The largest absolute Gasteiger partial charge is 0.253 e. The minimum Gasteiger partial charge on any atom is -0.253 e. The van der Waals surface area contributed by atoms with Gasteiger partial charge in [0.15, 0.2) is 0 Å². The summed E-state index contributed by atoms with van der Waals surface area (Å²) in [6.07, 6.45) is 9.92. The van der Waals surface area contributed by atoms with E-state index in [2.05, 4.69) is 45.2 Å². The molecular weight excluding hydrogens is 266 g/mol. The molecule has 1 aromatic carbocycles. The lowest BCUT2D eigenvalue weighted by Gasteiger charge is -2.11. The molecule has 3 nitrogen and oxygen atoms in total. The van der Waals surface area contributed by atoms with Gasteiger partial charge in [0.2, 0.25) is 5.13 Å². The van der Waals surface area contributed by atoms with Crippen LogP contribution >= 0.6 is 11.3 Å². The van der Waals surface area contributed by atoms with E-state index in [-0.39, 0.29) is 0 Å². The predicted octanol–water partition coefficient (Wildman–Crippen LogP) is 4.56. The fourth-order valence-corrected chi connectivity index (χ4v) is 2.89. The molecule has 20 heavy (non-hydrogen) atoms. The van der Waals surface area contributed by atoms with Gasteiger partial charge in [-0.25, -0.2) is 4.98 Å². The Hall–Kier alpha value is -1.94. The molecule has 102 valence electrons. The van der Waals surface area contributed by atoms with Gasteiger partial charge in [0.25, 0.3) is 0 Å². The van der Waals surface area contributed by atoms with Gasteiger partial charge < -0.3 is 0 Å². The minimum absolute atomic E-state index is 0.557. The molecule has 1 aliphatic carbocycles. The number of hydrogen-bond donors (Lipinski definition) is 1. The van der Waals surface area contributed by atoms with Crippen LogP contribution in [0.1, 0.15) is 19.3 Å². The lowest BCUT2D eigenvalue weighted by atomic mass is 9.96. The molecule has 0 fully saturated rings. The van der Waals surface area contributed by atoms with E-state index in [0.29, 0.717) is 5.92 Å². The van der Waals surface area contributed by atoms with Gasteiger partial charge in [-0.05, 0) is 25.2 Å². The van der Waals surface area contributed by atoms with Crippen LogP contribution in [-0.4, -0.2) is 11.2 Å². The summed E-state index contributed by atoms with van der Waals surface area (Å²) < 4.78 is 0. The summed E-state index contributed by atoms with van der Waals surface area (Å²) in [7, 11) is 0. The third kappa shape index (κ3) is 3.33. The van der Waals surface area contributed by atoms with Crippen molar-refractivity contribution >= 4 is 22.7 Å². The Morgan fingerprint density at radius 1 is 1.25 bits per heavy atom. The smallest absolute Gasteiger partial charge is 0.203 e. The first-order chi connectivity index (χ1) is 9.92. The van der Waals surface area contributed by atoms with Crippen LogP contribution in [0.3, 0.4) is 0 Å². The SMILES string of the molecule is C1=CC[C@H](C=NNc2nc(-c3ccccc3)cs2)CC1. The van der Waals surface area contributed by atoms with Crippen LogP contribution in [0.5, 0.6) is 0 Å². The standard InChI is InChI=1S/C16H17N3S/c1-3-7-13(8-4-1)11-17-19-16-18-15(12-20-16)14-9-5-2-6-10-14/h1-3,5-6,9-13H,4,7-8H2,(H,18,19)/t13-/m0/s1. The number of anilines is 1. The van der Waals surface area contributed by atoms with Gasteiger partial charge in [-0.1, -0.05) is 42.5 Å². The molecule has 0 radical (unpaired) electrons. The molecule has 0 amide bonds. The first kappa shape index (κ1) is 13.1. The van der Waals surface area contributed by atoms with Crippen LogP contribution in [-0.2, 0) is 0 Å². The maximum absolute atomic E-state index is 4.54. The van der Waals surface area contributed by atoms with E-state index >= 15 is 0 Å². The maximum Gasteiger partial charge on any atom is 0.203 e. The topological polar surface area (TPSA) is 37.3 Å². The van der Waals surface area contributed by atoms with Gasteiger partial charge in [0, 0.05) is 17.2 Å². The Morgan fingerprint density at radius 2 is 2.15 bits per heavy atom. The molecule has 1 N–H and O–H groups in total. The highest BCUT2D eigenvalue weighted by Gasteiger charge is 2.07. The number of benzene rings is 1. The number of hydrogen-bond acceptors (Lipinski definition) is 4. The zero-order valence-electron chi connectivity index (χ0n) is 11.2. The summed E-state index contributed by atoms with van der Waals surface area (Å²) >= 11 is 1.58. The molecule has 0 aliphatic heterocycles. The lowest BCUT2D eigenvalue weighted by molar-refractivity contribution is 0.627. The minimum atomic E-state index is 0.557. The van der Waals surface area contributed by atoms with E-state index in [1.165, 1.54) is 6.42 Å². The predicted molar refractivity (Wildman–Crippen MR) is 86.1 cm³/mol. The van der Waals surface area contributed by atoms with Crippen molar-refractivity contribution in [3.8, 4) is 11.3 Å². The highest BCUT2D eigenvalue weighted by Crippen LogP contribution is 2.24. The zero-order chi connectivity index (χ0) is 13.6. The number of aromatic nitrogens is 1. The second kappa shape index (κ2) is 6.48. The summed E-state index contributed by atoms with van der Waals surface area (Å²) in [6.45, 7) is 0. The quantitative estimate of drug-likeness (QED) is 0.507. The number of nitrogens with zero attached hydrogens (tertiary/aromatic N) is 2. The number of nitrogens with one attached hydrogen (secondary N) is 1. The monoisotopic (exact) mass is 283 g/mol. The third-order valence-corrected chi connectivity index (χ3v) is 4.08. The van der Waals surface area contributed by atoms with Gasteiger partial charge in [-0.15, -0.1) is 11.3 Å². The van der Waals surface area contributed by atoms with Crippen molar-refractivity contribution in [3.63, 3.8) is 0 Å². The van der Waals surface area contributed by atoms with E-state index in [1.54, 1.807) is 11.3 Å². The summed E-state index contributed by atoms with van der Waals surface area (Å²) in [6, 6.07) is 10.2. The zero-order valence-corrected chi connectivity index (χ0v) is 12.0. The number of allylic oxidation sites excluding steroid dienone is 2. The summed E-state index contributed by atoms with van der Waals surface area (Å²) in [4.78, 5) is 4.54. The molecule has 3 rings (SSSR count). The second-order valence-corrected chi connectivity index (χ2v) is 5.70. The molecule has 0 bridgehead atoms. The highest BCUT2D eigenvalue weighted by atomic mass is 32.1. The summed E-state index contributed by atoms with van der Waals surface area (Å²) in [5.74, 6) is 0.557. The average Bonchev–Trinajstić information content (AvgIpc) is 2.98. The van der Waals surface area contributed by atoms with Crippen LogP contribution in [0, 0.1) is 5.92 Å². The Kier molecular flexibility index (Phi) is 4.23. The molecule has 0 unspecified atom stereocenters. The Labute approximate surface area is 123 Å². The third-order valence-electron chi connectivity index (χ3n) is 3.33. The Bertz CT molecular complexity index is 601. The molecule has 1 heterocycles. The molecule has 1 aliphatic rings. The van der Waals surface area contributed by atoms with E-state index in [9.17, 15) is 0 Å². The first-order valence-corrected chi connectivity index (χ1v) is 7.75. The van der Waals surface area contributed by atoms with Crippen LogP contribution in [0.15, 0.2) is 53.0 Å². The fourth-order valence-electron chi connectivity index (χ4n) is 2.22. The van der Waals surface area contributed by atoms with E-state index in [0.717, 1.165) is 29.2 Å². The van der Waals surface area contributed by atoms with E-state index < -0.39 is 0 Å². The first-order valence-electron chi connectivity index (χ1n) is 6.87. The Morgan fingerprint density at radius 3 is 2.95 bits per heavy atom. The van der Waals surface area contributed by atoms with Gasteiger partial charge in [0.1, 0.15) is 0 Å². The highest BCUT2D eigenvalue weighted by molar-refractivity contribution is 7.14. The van der Waals surface area contributed by atoms with Crippen molar-refractivity contribution in [3.05, 3.63) is 47.9 Å². The van der Waals surface area contributed by atoms with Crippen LogP contribution in [0.25, 0.3) is 11.3 Å². The molecule has 1 aromatic heterocycles. The lowest BCUT2D eigenvalue weighted by Crippen LogP contribution is -2.04. The molecule has 0 saturated carbocycles. The summed E-state index contributed by atoms with van der Waals surface area (Å²) in [5, 5.41) is 7.20. The maximum atomic E-state index is 4.54. The second-order valence-electron chi connectivity index (χ2n) is 4.84. The van der Waals surface area contributed by atoms with Crippen molar-refractivity contribution in [1.82, 2.24) is 4.98 Å². The number of rotatable bonds is 4. The molecular formula is C16H17N3S. The molecule has 4 heteroatoms. The fraction of sp³-hybridized carbons (Fsp3) is 0.250. The van der Waals surface area contributed by atoms with Crippen molar-refractivity contribution in [1.29, 1.82) is 0 Å². The van der Waals surface area contributed by atoms with Crippen LogP contribution in [0.4, 0.5) is 5.13 Å².